The molecule has 134 valence electrons. The molecule has 0 aromatic heterocycles. The second-order valence-corrected chi connectivity index (χ2v) is 7.02. The van der Waals surface area contributed by atoms with Crippen LogP contribution in [0.2, 0.25) is 0 Å². The van der Waals surface area contributed by atoms with Crippen LogP contribution in [-0.4, -0.2) is 18.1 Å². The van der Waals surface area contributed by atoms with Crippen molar-refractivity contribution in [2.24, 2.45) is 0 Å². The van der Waals surface area contributed by atoms with Gasteiger partial charge < -0.3 is 10.1 Å². The van der Waals surface area contributed by atoms with Gasteiger partial charge in [0.1, 0.15) is 5.75 Å². The van der Waals surface area contributed by atoms with Crippen LogP contribution in [0.25, 0.3) is 0 Å². The first kappa shape index (κ1) is 18.0. The summed E-state index contributed by atoms with van der Waals surface area (Å²) in [5.41, 5.74) is 3.48. The van der Waals surface area contributed by atoms with Gasteiger partial charge in [-0.05, 0) is 75.4 Å². The highest BCUT2D eigenvalue weighted by molar-refractivity contribution is 5.94. The minimum atomic E-state index is -0.00270. The van der Waals surface area contributed by atoms with E-state index >= 15 is 0 Å². The number of hydrogen-bond acceptors (Lipinski definition) is 3. The fourth-order valence-electron chi connectivity index (χ4n) is 3.33. The van der Waals surface area contributed by atoms with Crippen LogP contribution in [-0.2, 0) is 0 Å². The lowest BCUT2D eigenvalue weighted by Crippen LogP contribution is -2.39. The zero-order valence-corrected chi connectivity index (χ0v) is 15.3. The normalized spacial score (nSPS) is 19.4. The van der Waals surface area contributed by atoms with Crippen molar-refractivity contribution in [1.29, 1.82) is 5.26 Å². The van der Waals surface area contributed by atoms with Gasteiger partial charge in [-0.15, -0.1) is 0 Å². The summed E-state index contributed by atoms with van der Waals surface area (Å²) in [6.07, 6.45) is 3.82. The number of aryl methyl sites for hydroxylation is 2. The van der Waals surface area contributed by atoms with Gasteiger partial charge in [-0.1, -0.05) is 17.7 Å². The van der Waals surface area contributed by atoms with Crippen molar-refractivity contribution < 1.29 is 9.53 Å². The fraction of sp³-hybridized carbons (Fsp3) is 0.364. The molecule has 1 N–H and O–H groups in total. The number of carbonyl (C=O) groups is 1. The van der Waals surface area contributed by atoms with Gasteiger partial charge in [0.05, 0.1) is 17.7 Å². The zero-order valence-electron chi connectivity index (χ0n) is 15.3. The van der Waals surface area contributed by atoms with E-state index in [1.165, 1.54) is 0 Å². The first-order valence-corrected chi connectivity index (χ1v) is 9.10. The van der Waals surface area contributed by atoms with Crippen LogP contribution in [0.1, 0.15) is 52.7 Å². The summed E-state index contributed by atoms with van der Waals surface area (Å²) >= 11 is 0. The maximum atomic E-state index is 12.3. The molecule has 1 aliphatic rings. The zero-order chi connectivity index (χ0) is 18.5. The topological polar surface area (TPSA) is 62.1 Å². The van der Waals surface area contributed by atoms with Gasteiger partial charge in [-0.25, -0.2) is 0 Å². The van der Waals surface area contributed by atoms with Crippen LogP contribution >= 0.6 is 0 Å². The average molecular weight is 348 g/mol. The molecule has 1 amide bonds. The molecular formula is C22H24N2O2. The van der Waals surface area contributed by atoms with Gasteiger partial charge in [0, 0.05) is 11.6 Å². The van der Waals surface area contributed by atoms with Crippen molar-refractivity contribution in [1.82, 2.24) is 5.32 Å². The highest BCUT2D eigenvalue weighted by atomic mass is 16.5. The molecular weight excluding hydrogens is 324 g/mol. The number of nitriles is 1. The summed E-state index contributed by atoms with van der Waals surface area (Å²) < 4.78 is 6.06. The van der Waals surface area contributed by atoms with Crippen molar-refractivity contribution in [2.75, 3.05) is 0 Å². The number of carbonyl (C=O) groups excluding carboxylic acids is 1. The van der Waals surface area contributed by atoms with Crippen LogP contribution in [0.3, 0.4) is 0 Å². The largest absolute Gasteiger partial charge is 0.490 e. The van der Waals surface area contributed by atoms with E-state index in [1.807, 2.05) is 50.2 Å². The second-order valence-electron chi connectivity index (χ2n) is 7.02. The smallest absolute Gasteiger partial charge is 0.251 e. The predicted molar refractivity (Wildman–Crippen MR) is 101 cm³/mol. The van der Waals surface area contributed by atoms with Crippen LogP contribution in [0.4, 0.5) is 0 Å². The number of nitrogens with zero attached hydrogens (tertiary/aromatic N) is 1. The monoisotopic (exact) mass is 348 g/mol. The number of hydrogen-bond donors (Lipinski definition) is 1. The lowest BCUT2D eigenvalue weighted by molar-refractivity contribution is 0.0894. The summed E-state index contributed by atoms with van der Waals surface area (Å²) in [6.45, 7) is 3.93. The average Bonchev–Trinajstić information content (AvgIpc) is 2.64. The predicted octanol–water partition coefficient (Wildman–Crippen LogP) is 4.30. The summed E-state index contributed by atoms with van der Waals surface area (Å²) in [6, 6.07) is 15.6. The molecule has 3 rings (SSSR count). The molecule has 1 fully saturated rings. The second kappa shape index (κ2) is 8.05. The molecule has 0 unspecified atom stereocenters. The van der Waals surface area contributed by atoms with Crippen LogP contribution in [0.5, 0.6) is 5.75 Å². The molecule has 1 aliphatic carbocycles. The Morgan fingerprint density at radius 2 is 1.77 bits per heavy atom. The molecule has 4 heteroatoms. The first-order chi connectivity index (χ1) is 12.5. The van der Waals surface area contributed by atoms with Crippen molar-refractivity contribution in [3.63, 3.8) is 0 Å². The third-order valence-electron chi connectivity index (χ3n) is 4.94. The third kappa shape index (κ3) is 4.43. The minimum absolute atomic E-state index is 0.00270. The van der Waals surface area contributed by atoms with Crippen molar-refractivity contribution in [2.45, 2.75) is 51.7 Å². The van der Waals surface area contributed by atoms with Crippen molar-refractivity contribution in [3.05, 3.63) is 64.7 Å². The Morgan fingerprint density at radius 1 is 1.08 bits per heavy atom. The van der Waals surface area contributed by atoms with Crippen molar-refractivity contribution >= 4 is 5.91 Å². The van der Waals surface area contributed by atoms with Crippen LogP contribution < -0.4 is 10.1 Å². The molecule has 26 heavy (non-hydrogen) atoms. The van der Waals surface area contributed by atoms with Crippen molar-refractivity contribution in [3.8, 4) is 11.8 Å². The van der Waals surface area contributed by atoms with Gasteiger partial charge in [-0.3, -0.25) is 4.79 Å². The fourth-order valence-corrected chi connectivity index (χ4v) is 3.33. The van der Waals surface area contributed by atoms with E-state index in [9.17, 15) is 4.79 Å². The third-order valence-corrected chi connectivity index (χ3v) is 4.94. The molecule has 0 radical (unpaired) electrons. The summed E-state index contributed by atoms with van der Waals surface area (Å²) in [4.78, 5) is 12.3. The van der Waals surface area contributed by atoms with E-state index in [4.69, 9.17) is 10.00 Å². The molecule has 2 aromatic rings. The van der Waals surface area contributed by atoms with Crippen LogP contribution in [0.15, 0.2) is 42.5 Å². The highest BCUT2D eigenvalue weighted by Gasteiger charge is 2.24. The summed E-state index contributed by atoms with van der Waals surface area (Å²) in [5.74, 6) is 0.811. The van der Waals surface area contributed by atoms with E-state index < -0.39 is 0 Å². The Labute approximate surface area is 154 Å². The molecule has 0 spiro atoms. The lowest BCUT2D eigenvalue weighted by Gasteiger charge is -2.29. The number of benzene rings is 2. The van der Waals surface area contributed by atoms with E-state index in [-0.39, 0.29) is 18.1 Å². The van der Waals surface area contributed by atoms with Gasteiger partial charge in [-0.2, -0.15) is 5.26 Å². The minimum Gasteiger partial charge on any atom is -0.490 e. The molecule has 0 heterocycles. The van der Waals surface area contributed by atoms with Crippen LogP contribution in [0, 0.1) is 25.2 Å². The molecule has 0 bridgehead atoms. The molecule has 4 nitrogen and oxygen atoms in total. The van der Waals surface area contributed by atoms with E-state index in [2.05, 4.69) is 11.4 Å². The van der Waals surface area contributed by atoms with Gasteiger partial charge in [0.25, 0.3) is 5.91 Å². The van der Waals surface area contributed by atoms with Gasteiger partial charge in [0.2, 0.25) is 0 Å². The molecule has 0 aliphatic heterocycles. The molecule has 1 saturated carbocycles. The highest BCUT2D eigenvalue weighted by Crippen LogP contribution is 2.25. The Kier molecular flexibility index (Phi) is 5.58. The number of nitrogens with one attached hydrogen (secondary N) is 1. The standard InChI is InChI=1S/C22H24N2O2/c1-15-3-5-17(6-4-15)22(25)24-19-8-11-20(12-9-19)26-21-10-7-18(14-23)16(2)13-21/h3-7,10,13,19-20H,8-9,11-12H2,1-2H3,(H,24,25)/t19-,20-. The van der Waals surface area contributed by atoms with Gasteiger partial charge in [0.15, 0.2) is 0 Å². The number of amides is 1. The molecule has 2 aromatic carbocycles. The Bertz CT molecular complexity index is 813. The molecule has 0 saturated heterocycles. The van der Waals surface area contributed by atoms with E-state index in [0.29, 0.717) is 11.1 Å². The van der Waals surface area contributed by atoms with E-state index in [0.717, 1.165) is 42.6 Å². The Morgan fingerprint density at radius 3 is 2.38 bits per heavy atom. The maximum absolute atomic E-state index is 12.3. The lowest BCUT2D eigenvalue weighted by atomic mass is 9.92. The maximum Gasteiger partial charge on any atom is 0.251 e. The number of rotatable bonds is 4. The van der Waals surface area contributed by atoms with E-state index in [1.54, 1.807) is 6.07 Å². The summed E-state index contributed by atoms with van der Waals surface area (Å²) in [5, 5.41) is 12.1. The quantitative estimate of drug-likeness (QED) is 0.896. The summed E-state index contributed by atoms with van der Waals surface area (Å²) in [7, 11) is 0. The Hall–Kier alpha value is -2.80. The van der Waals surface area contributed by atoms with Gasteiger partial charge >= 0.3 is 0 Å². The number of ether oxygens (including phenoxy) is 1. The first-order valence-electron chi connectivity index (χ1n) is 9.10. The molecule has 0 atom stereocenters. The Balaban J connectivity index is 1.49. The SMILES string of the molecule is Cc1ccc(C(=O)N[C@H]2CC[C@H](Oc3ccc(C#N)c(C)c3)CC2)cc1.